The number of benzene rings is 1. The molecule has 1 rings (SSSR count). The summed E-state index contributed by atoms with van der Waals surface area (Å²) < 4.78 is 30.2. The van der Waals surface area contributed by atoms with Crippen LogP contribution in [-0.4, -0.2) is 36.1 Å². The van der Waals surface area contributed by atoms with E-state index in [1.165, 1.54) is 13.2 Å². The van der Waals surface area contributed by atoms with Crippen LogP contribution in [0, 0.1) is 11.6 Å². The van der Waals surface area contributed by atoms with E-state index in [1.807, 2.05) is 0 Å². The minimum Gasteiger partial charge on any atom is -0.480 e. The molecular weight excluding hydrogens is 300 g/mol. The largest absolute Gasteiger partial charge is 0.480 e. The molecule has 0 unspecified atom stereocenters. The first-order valence-electron chi connectivity index (χ1n) is 6.36. The second-order valence-electron chi connectivity index (χ2n) is 4.50. The average molecular weight is 315 g/mol. The Kier molecular flexibility index (Phi) is 6.43. The van der Waals surface area contributed by atoms with E-state index in [9.17, 15) is 23.2 Å². The Hall–Kier alpha value is -2.51. The summed E-state index contributed by atoms with van der Waals surface area (Å²) in [7, 11) is 1.17. The van der Waals surface area contributed by atoms with E-state index in [-0.39, 0.29) is 24.8 Å². The zero-order valence-corrected chi connectivity index (χ0v) is 11.8. The lowest BCUT2D eigenvalue weighted by Gasteiger charge is -2.14. The van der Waals surface area contributed by atoms with Crippen LogP contribution in [0.4, 0.5) is 8.78 Å². The number of hydrogen-bond donors (Lipinski definition) is 2. The molecular formula is C14H15F2NO5. The number of rotatable bonds is 7. The van der Waals surface area contributed by atoms with Gasteiger partial charge < -0.3 is 15.2 Å². The van der Waals surface area contributed by atoms with Gasteiger partial charge in [-0.15, -0.1) is 0 Å². The van der Waals surface area contributed by atoms with E-state index in [0.717, 1.165) is 12.1 Å². The van der Waals surface area contributed by atoms with E-state index >= 15 is 0 Å². The van der Waals surface area contributed by atoms with Crippen LogP contribution in [0.25, 0.3) is 0 Å². The average Bonchev–Trinajstić information content (AvgIpc) is 2.46. The molecule has 0 aliphatic carbocycles. The number of aliphatic carboxylic acids is 1. The van der Waals surface area contributed by atoms with Crippen molar-refractivity contribution in [1.29, 1.82) is 0 Å². The monoisotopic (exact) mass is 315 g/mol. The number of methoxy groups -OCH3 is 1. The van der Waals surface area contributed by atoms with Crippen LogP contribution >= 0.6 is 0 Å². The molecule has 0 radical (unpaired) electrons. The summed E-state index contributed by atoms with van der Waals surface area (Å²) in [5.41, 5.74) is 0.202. The molecule has 2 N–H and O–H groups in total. The van der Waals surface area contributed by atoms with Gasteiger partial charge in [0, 0.05) is 6.42 Å². The summed E-state index contributed by atoms with van der Waals surface area (Å²) in [6.45, 7) is 0. The van der Waals surface area contributed by atoms with Gasteiger partial charge in [-0.1, -0.05) is 6.07 Å². The van der Waals surface area contributed by atoms with Crippen molar-refractivity contribution < 1.29 is 33.0 Å². The van der Waals surface area contributed by atoms with Gasteiger partial charge in [0.05, 0.1) is 13.5 Å². The highest BCUT2D eigenvalue weighted by Gasteiger charge is 2.21. The number of amides is 1. The van der Waals surface area contributed by atoms with Crippen molar-refractivity contribution in [3.8, 4) is 0 Å². The molecule has 0 bridgehead atoms. The topological polar surface area (TPSA) is 92.7 Å². The maximum atomic E-state index is 13.0. The van der Waals surface area contributed by atoms with Crippen molar-refractivity contribution in [3.63, 3.8) is 0 Å². The van der Waals surface area contributed by atoms with E-state index < -0.39 is 35.5 Å². The molecule has 6 nitrogen and oxygen atoms in total. The zero-order valence-electron chi connectivity index (χ0n) is 11.8. The number of carbonyl (C=O) groups is 3. The third-order valence-corrected chi connectivity index (χ3v) is 2.85. The quantitative estimate of drug-likeness (QED) is 0.733. The fraction of sp³-hybridized carbons (Fsp3) is 0.357. The second kappa shape index (κ2) is 8.06. The highest BCUT2D eigenvalue weighted by atomic mass is 19.2. The van der Waals surface area contributed by atoms with Crippen LogP contribution in [-0.2, 0) is 25.5 Å². The fourth-order valence-electron chi connectivity index (χ4n) is 1.70. The Morgan fingerprint density at radius 2 is 1.95 bits per heavy atom. The summed E-state index contributed by atoms with van der Waals surface area (Å²) in [4.78, 5) is 33.7. The minimum atomic E-state index is -1.30. The Morgan fingerprint density at radius 3 is 2.50 bits per heavy atom. The maximum absolute atomic E-state index is 13.0. The number of halogens is 2. The molecule has 0 saturated carbocycles. The maximum Gasteiger partial charge on any atom is 0.326 e. The zero-order chi connectivity index (χ0) is 16.7. The van der Waals surface area contributed by atoms with Crippen LogP contribution in [0.15, 0.2) is 18.2 Å². The lowest BCUT2D eigenvalue weighted by atomic mass is 10.1. The van der Waals surface area contributed by atoms with Gasteiger partial charge in [-0.2, -0.15) is 0 Å². The van der Waals surface area contributed by atoms with Gasteiger partial charge in [-0.3, -0.25) is 9.59 Å². The predicted molar refractivity (Wildman–Crippen MR) is 70.9 cm³/mol. The molecule has 1 aromatic carbocycles. The first-order valence-corrected chi connectivity index (χ1v) is 6.36. The van der Waals surface area contributed by atoms with Crippen molar-refractivity contribution in [2.24, 2.45) is 0 Å². The predicted octanol–water partition coefficient (Wildman–Crippen LogP) is 1.03. The lowest BCUT2D eigenvalue weighted by molar-refractivity contribution is -0.144. The minimum absolute atomic E-state index is 0.133. The van der Waals surface area contributed by atoms with Crippen molar-refractivity contribution in [3.05, 3.63) is 35.4 Å². The van der Waals surface area contributed by atoms with Gasteiger partial charge in [-0.25, -0.2) is 13.6 Å². The molecule has 0 saturated heterocycles. The molecule has 1 aromatic rings. The van der Waals surface area contributed by atoms with E-state index in [1.54, 1.807) is 0 Å². The van der Waals surface area contributed by atoms with E-state index in [2.05, 4.69) is 10.1 Å². The second-order valence-corrected chi connectivity index (χ2v) is 4.50. The number of ether oxygens (including phenoxy) is 1. The van der Waals surface area contributed by atoms with Crippen molar-refractivity contribution in [1.82, 2.24) is 5.32 Å². The van der Waals surface area contributed by atoms with Crippen LogP contribution in [0.1, 0.15) is 18.4 Å². The molecule has 22 heavy (non-hydrogen) atoms. The van der Waals surface area contributed by atoms with Crippen LogP contribution < -0.4 is 5.32 Å². The Morgan fingerprint density at radius 1 is 1.27 bits per heavy atom. The fourth-order valence-corrected chi connectivity index (χ4v) is 1.70. The van der Waals surface area contributed by atoms with Gasteiger partial charge in [0.2, 0.25) is 5.91 Å². The van der Waals surface area contributed by atoms with Gasteiger partial charge in [-0.05, 0) is 24.1 Å². The van der Waals surface area contributed by atoms with Gasteiger partial charge in [0.1, 0.15) is 6.04 Å². The van der Waals surface area contributed by atoms with Crippen LogP contribution in [0.2, 0.25) is 0 Å². The molecule has 1 atom stereocenters. The van der Waals surface area contributed by atoms with E-state index in [0.29, 0.717) is 0 Å². The summed E-state index contributed by atoms with van der Waals surface area (Å²) in [5.74, 6) is -4.71. The van der Waals surface area contributed by atoms with Crippen LogP contribution in [0.5, 0.6) is 0 Å². The van der Waals surface area contributed by atoms with Gasteiger partial charge >= 0.3 is 11.9 Å². The first-order chi connectivity index (χ1) is 10.3. The van der Waals surface area contributed by atoms with Crippen molar-refractivity contribution in [2.75, 3.05) is 7.11 Å². The molecule has 0 fully saturated rings. The molecule has 0 aromatic heterocycles. The Balaban J connectivity index is 2.61. The number of nitrogens with one attached hydrogen (secondary N) is 1. The van der Waals surface area contributed by atoms with Gasteiger partial charge in [0.25, 0.3) is 0 Å². The highest BCUT2D eigenvalue weighted by Crippen LogP contribution is 2.09. The Labute approximate surface area is 125 Å². The highest BCUT2D eigenvalue weighted by molar-refractivity contribution is 5.85. The standard InChI is InChI=1S/C14H15F2NO5/c1-22-13(19)5-4-11(14(20)21)17-12(18)7-8-2-3-9(15)10(16)6-8/h2-3,6,11H,4-5,7H2,1H3,(H,17,18)(H,20,21)/t11-/m1/s1. The van der Waals surface area contributed by atoms with Crippen molar-refractivity contribution in [2.45, 2.75) is 25.3 Å². The first kappa shape index (κ1) is 17.5. The normalized spacial score (nSPS) is 11.6. The summed E-state index contributed by atoms with van der Waals surface area (Å²) >= 11 is 0. The SMILES string of the molecule is COC(=O)CC[C@@H](NC(=O)Cc1ccc(F)c(F)c1)C(=O)O. The molecule has 0 spiro atoms. The molecule has 120 valence electrons. The van der Waals surface area contributed by atoms with E-state index in [4.69, 9.17) is 5.11 Å². The number of carbonyl (C=O) groups excluding carboxylic acids is 2. The number of esters is 1. The smallest absolute Gasteiger partial charge is 0.326 e. The third-order valence-electron chi connectivity index (χ3n) is 2.85. The number of carboxylic acid groups (broad SMARTS) is 1. The molecule has 8 heteroatoms. The Bertz CT molecular complexity index is 576. The molecule has 0 aliphatic rings. The third kappa shape index (κ3) is 5.47. The lowest BCUT2D eigenvalue weighted by Crippen LogP contribution is -2.41. The molecule has 1 amide bonds. The number of carboxylic acids is 1. The van der Waals surface area contributed by atoms with Crippen molar-refractivity contribution >= 4 is 17.8 Å². The van der Waals surface area contributed by atoms with Crippen LogP contribution in [0.3, 0.4) is 0 Å². The summed E-state index contributed by atoms with van der Waals surface area (Å²) in [5, 5.41) is 11.2. The molecule has 0 aliphatic heterocycles. The van der Waals surface area contributed by atoms with Gasteiger partial charge in [0.15, 0.2) is 11.6 Å². The summed E-state index contributed by atoms with van der Waals surface area (Å²) in [6, 6.07) is 1.70. The number of hydrogen-bond acceptors (Lipinski definition) is 4. The summed E-state index contributed by atoms with van der Waals surface area (Å²) in [6.07, 6.45) is -0.607. The molecule has 0 heterocycles.